The molecule has 0 radical (unpaired) electrons. The van der Waals surface area contributed by atoms with Gasteiger partial charge < -0.3 is 15.0 Å². The molecule has 1 heterocycles. The van der Waals surface area contributed by atoms with Gasteiger partial charge in [-0.05, 0) is 51.5 Å². The molecule has 18 heavy (non-hydrogen) atoms. The van der Waals surface area contributed by atoms with Crippen LogP contribution in [0.15, 0.2) is 18.2 Å². The largest absolute Gasteiger partial charge is 0.496 e. The summed E-state index contributed by atoms with van der Waals surface area (Å²) in [6.07, 6.45) is 2.42. The molecule has 1 fully saturated rings. The van der Waals surface area contributed by atoms with E-state index in [2.05, 4.69) is 42.5 Å². The summed E-state index contributed by atoms with van der Waals surface area (Å²) in [6.45, 7) is 3.17. The van der Waals surface area contributed by atoms with E-state index in [4.69, 9.17) is 4.74 Å². The number of hydrogen-bond donors (Lipinski definition) is 1. The summed E-state index contributed by atoms with van der Waals surface area (Å²) in [5, 5.41) is 3.42. The fourth-order valence-electron chi connectivity index (χ4n) is 2.77. The van der Waals surface area contributed by atoms with Gasteiger partial charge in [0.1, 0.15) is 5.75 Å². The molecular formula is C15H24N2O. The lowest BCUT2D eigenvalue weighted by Gasteiger charge is -2.26. The van der Waals surface area contributed by atoms with Crippen molar-refractivity contribution in [2.45, 2.75) is 25.3 Å². The van der Waals surface area contributed by atoms with Crippen LogP contribution in [0.2, 0.25) is 0 Å². The Labute approximate surface area is 110 Å². The average molecular weight is 248 g/mol. The first-order chi connectivity index (χ1) is 8.72. The molecule has 1 N–H and O–H groups in total. The third kappa shape index (κ3) is 3.03. The Bertz CT molecular complexity index is 384. The summed E-state index contributed by atoms with van der Waals surface area (Å²) in [5.41, 5.74) is 2.68. The molecule has 0 atom stereocenters. The molecule has 0 aromatic heterocycles. The highest BCUT2D eigenvalue weighted by molar-refractivity contribution is 5.43. The second-order valence-corrected chi connectivity index (χ2v) is 5.30. The van der Waals surface area contributed by atoms with Crippen molar-refractivity contribution in [1.82, 2.24) is 10.2 Å². The zero-order valence-corrected chi connectivity index (χ0v) is 11.7. The lowest BCUT2D eigenvalue weighted by atomic mass is 9.88. The molecule has 1 aliphatic heterocycles. The van der Waals surface area contributed by atoms with E-state index < -0.39 is 0 Å². The molecule has 0 saturated carbocycles. The minimum Gasteiger partial charge on any atom is -0.496 e. The maximum Gasteiger partial charge on any atom is 0.126 e. The second-order valence-electron chi connectivity index (χ2n) is 5.30. The molecule has 0 bridgehead atoms. The van der Waals surface area contributed by atoms with Crippen LogP contribution in [-0.4, -0.2) is 39.2 Å². The second kappa shape index (κ2) is 6.21. The van der Waals surface area contributed by atoms with E-state index in [0.717, 1.165) is 25.4 Å². The summed E-state index contributed by atoms with van der Waals surface area (Å²) < 4.78 is 5.68. The smallest absolute Gasteiger partial charge is 0.126 e. The predicted octanol–water partition coefficient (Wildman–Crippen LogP) is 2.22. The highest BCUT2D eigenvalue weighted by atomic mass is 16.5. The Hall–Kier alpha value is -1.06. The van der Waals surface area contributed by atoms with Crippen molar-refractivity contribution < 1.29 is 4.74 Å². The maximum absolute atomic E-state index is 5.68. The molecule has 3 nitrogen and oxygen atoms in total. The van der Waals surface area contributed by atoms with Crippen LogP contribution in [0.5, 0.6) is 5.75 Å². The lowest BCUT2D eigenvalue weighted by Crippen LogP contribution is -2.27. The van der Waals surface area contributed by atoms with Crippen LogP contribution in [0.3, 0.4) is 0 Å². The number of hydrogen-bond acceptors (Lipinski definition) is 3. The molecule has 1 aromatic rings. The fourth-order valence-corrected chi connectivity index (χ4v) is 2.77. The molecule has 1 saturated heterocycles. The van der Waals surface area contributed by atoms with E-state index in [1.54, 1.807) is 7.11 Å². The highest BCUT2D eigenvalue weighted by Crippen LogP contribution is 2.35. The normalized spacial score (nSPS) is 17.1. The monoisotopic (exact) mass is 248 g/mol. The number of nitrogens with one attached hydrogen (secondary N) is 1. The van der Waals surface area contributed by atoms with E-state index in [9.17, 15) is 0 Å². The molecule has 3 heteroatoms. The van der Waals surface area contributed by atoms with Crippen molar-refractivity contribution >= 4 is 0 Å². The standard InChI is InChI=1S/C15H24N2O/c1-17(2)11-13-5-4-6-14(15(13)18-3)12-7-9-16-10-8-12/h4-6,12,16H,7-11H2,1-3H3. The third-order valence-electron chi connectivity index (χ3n) is 3.60. The van der Waals surface area contributed by atoms with Gasteiger partial charge in [-0.1, -0.05) is 18.2 Å². The number of nitrogens with zero attached hydrogens (tertiary/aromatic N) is 1. The summed E-state index contributed by atoms with van der Waals surface area (Å²) in [5.74, 6) is 1.74. The molecule has 2 rings (SSSR count). The van der Waals surface area contributed by atoms with Crippen LogP contribution in [0.4, 0.5) is 0 Å². The van der Waals surface area contributed by atoms with Crippen molar-refractivity contribution in [3.63, 3.8) is 0 Å². The van der Waals surface area contributed by atoms with E-state index in [1.807, 2.05) is 0 Å². The highest BCUT2D eigenvalue weighted by Gasteiger charge is 2.20. The lowest BCUT2D eigenvalue weighted by molar-refractivity contribution is 0.361. The number of ether oxygens (including phenoxy) is 1. The zero-order valence-electron chi connectivity index (χ0n) is 11.7. The third-order valence-corrected chi connectivity index (χ3v) is 3.60. The molecule has 0 aliphatic carbocycles. The Morgan fingerprint density at radius 1 is 1.28 bits per heavy atom. The van der Waals surface area contributed by atoms with E-state index in [0.29, 0.717) is 5.92 Å². The van der Waals surface area contributed by atoms with Crippen molar-refractivity contribution in [3.05, 3.63) is 29.3 Å². The van der Waals surface area contributed by atoms with Crippen molar-refractivity contribution in [3.8, 4) is 5.75 Å². The summed E-state index contributed by atoms with van der Waals surface area (Å²) >= 11 is 0. The first-order valence-corrected chi connectivity index (χ1v) is 6.73. The van der Waals surface area contributed by atoms with Crippen molar-refractivity contribution in [1.29, 1.82) is 0 Å². The van der Waals surface area contributed by atoms with Crippen molar-refractivity contribution in [2.75, 3.05) is 34.3 Å². The van der Waals surface area contributed by atoms with Crippen LogP contribution in [0, 0.1) is 0 Å². The van der Waals surface area contributed by atoms with Gasteiger partial charge in [-0.3, -0.25) is 0 Å². The minimum absolute atomic E-state index is 0.642. The van der Waals surface area contributed by atoms with Crippen LogP contribution in [0.1, 0.15) is 29.9 Å². The molecule has 0 amide bonds. The summed E-state index contributed by atoms with van der Waals surface area (Å²) in [7, 11) is 5.98. The average Bonchev–Trinajstić information content (AvgIpc) is 2.39. The molecule has 100 valence electrons. The topological polar surface area (TPSA) is 24.5 Å². The van der Waals surface area contributed by atoms with Gasteiger partial charge in [0.15, 0.2) is 0 Å². The molecule has 0 unspecified atom stereocenters. The van der Waals surface area contributed by atoms with Crippen molar-refractivity contribution in [2.24, 2.45) is 0 Å². The van der Waals surface area contributed by atoms with Gasteiger partial charge in [-0.2, -0.15) is 0 Å². The first kappa shape index (κ1) is 13.4. The Morgan fingerprint density at radius 2 is 2.00 bits per heavy atom. The van der Waals surface area contributed by atoms with Gasteiger partial charge in [-0.25, -0.2) is 0 Å². The number of methoxy groups -OCH3 is 1. The van der Waals surface area contributed by atoms with Gasteiger partial charge in [0.2, 0.25) is 0 Å². The fraction of sp³-hybridized carbons (Fsp3) is 0.600. The number of benzene rings is 1. The summed E-state index contributed by atoms with van der Waals surface area (Å²) in [6, 6.07) is 6.57. The minimum atomic E-state index is 0.642. The van der Waals surface area contributed by atoms with Gasteiger partial charge in [0.05, 0.1) is 7.11 Å². The number of piperidine rings is 1. The van der Waals surface area contributed by atoms with E-state index in [-0.39, 0.29) is 0 Å². The number of rotatable bonds is 4. The molecule has 0 spiro atoms. The van der Waals surface area contributed by atoms with Gasteiger partial charge in [-0.15, -0.1) is 0 Å². The van der Waals surface area contributed by atoms with Crippen LogP contribution in [0.25, 0.3) is 0 Å². The van der Waals surface area contributed by atoms with Gasteiger partial charge in [0.25, 0.3) is 0 Å². The summed E-state index contributed by atoms with van der Waals surface area (Å²) in [4.78, 5) is 2.18. The Kier molecular flexibility index (Phi) is 4.61. The van der Waals surface area contributed by atoms with E-state index in [1.165, 1.54) is 24.0 Å². The zero-order chi connectivity index (χ0) is 13.0. The predicted molar refractivity (Wildman–Crippen MR) is 75.2 cm³/mol. The quantitative estimate of drug-likeness (QED) is 0.884. The SMILES string of the molecule is COc1c(CN(C)C)cccc1C1CCNCC1. The maximum atomic E-state index is 5.68. The Morgan fingerprint density at radius 3 is 2.61 bits per heavy atom. The first-order valence-electron chi connectivity index (χ1n) is 6.73. The van der Waals surface area contributed by atoms with Gasteiger partial charge >= 0.3 is 0 Å². The molecule has 1 aromatic carbocycles. The van der Waals surface area contributed by atoms with Gasteiger partial charge in [0, 0.05) is 12.1 Å². The van der Waals surface area contributed by atoms with Crippen LogP contribution < -0.4 is 10.1 Å². The molecular weight excluding hydrogens is 224 g/mol. The number of para-hydroxylation sites is 1. The van der Waals surface area contributed by atoms with E-state index >= 15 is 0 Å². The van der Waals surface area contributed by atoms with Crippen LogP contribution in [-0.2, 0) is 6.54 Å². The van der Waals surface area contributed by atoms with Crippen LogP contribution >= 0.6 is 0 Å². The Balaban J connectivity index is 2.28. The molecule has 1 aliphatic rings.